The van der Waals surface area contributed by atoms with Crippen LogP contribution in [0, 0.1) is 23.2 Å². The zero-order valence-electron chi connectivity index (χ0n) is 19.9. The number of ether oxygens (including phenoxy) is 2. The Kier molecular flexibility index (Phi) is 5.87. The monoisotopic (exact) mass is 467 g/mol. The zero-order valence-corrected chi connectivity index (χ0v) is 20.6. The van der Waals surface area contributed by atoms with Crippen LogP contribution in [0.3, 0.4) is 0 Å². The van der Waals surface area contributed by atoms with E-state index in [0.29, 0.717) is 40.5 Å². The van der Waals surface area contributed by atoms with Crippen LogP contribution in [0.25, 0.3) is 0 Å². The van der Waals surface area contributed by atoms with E-state index >= 15 is 0 Å². The fraction of sp³-hybridized carbons (Fsp3) is 0.481. The minimum Gasteiger partial charge on any atom is -0.493 e. The number of ketones is 2. The van der Waals surface area contributed by atoms with Gasteiger partial charge in [0, 0.05) is 41.3 Å². The molecular formula is C27H30ClNO4. The first kappa shape index (κ1) is 23.4. The number of carbonyl (C=O) groups is 2. The molecule has 0 aromatic heterocycles. The van der Waals surface area contributed by atoms with Crippen molar-refractivity contribution in [2.24, 2.45) is 10.8 Å². The number of terminal acetylenes is 1. The van der Waals surface area contributed by atoms with Crippen LogP contribution in [0.4, 0.5) is 0 Å². The first-order chi connectivity index (χ1) is 15.5. The lowest BCUT2D eigenvalue weighted by molar-refractivity contribution is -0.119. The van der Waals surface area contributed by atoms with Gasteiger partial charge in [0.15, 0.2) is 23.1 Å². The van der Waals surface area contributed by atoms with Gasteiger partial charge in [-0.15, -0.1) is 6.42 Å². The third kappa shape index (κ3) is 4.29. The maximum Gasteiger partial charge on any atom is 0.181 e. The molecule has 1 aromatic rings. The standard InChI is InChI=1S/C27H30ClNO4/c1-7-8-33-25-16(28)9-15(10-21(25)32-6)22-23-17(11-26(2,3)13-19(23)30)29-18-12-27(4,5)14-20(31)24(18)22/h1,9-10,22,29H,8,11-14H2,2-6H3. The maximum absolute atomic E-state index is 13.4. The normalized spacial score (nSPS) is 21.7. The Morgan fingerprint density at radius 1 is 1.03 bits per heavy atom. The van der Waals surface area contributed by atoms with Crippen molar-refractivity contribution >= 4 is 23.2 Å². The molecule has 174 valence electrons. The number of benzene rings is 1. The van der Waals surface area contributed by atoms with Gasteiger partial charge >= 0.3 is 0 Å². The zero-order chi connectivity index (χ0) is 24.1. The summed E-state index contributed by atoms with van der Waals surface area (Å²) in [6, 6.07) is 3.57. The average molecular weight is 468 g/mol. The van der Waals surface area contributed by atoms with Gasteiger partial charge in [-0.05, 0) is 41.4 Å². The van der Waals surface area contributed by atoms with Gasteiger partial charge in [0.2, 0.25) is 0 Å². The van der Waals surface area contributed by atoms with E-state index in [9.17, 15) is 9.59 Å². The first-order valence-corrected chi connectivity index (χ1v) is 11.6. The van der Waals surface area contributed by atoms with Crippen LogP contribution >= 0.6 is 11.6 Å². The number of dihydropyridines is 1. The molecule has 0 spiro atoms. The molecule has 6 heteroatoms. The molecule has 1 heterocycles. The number of hydrogen-bond acceptors (Lipinski definition) is 5. The molecule has 0 amide bonds. The number of methoxy groups -OCH3 is 1. The Labute approximate surface area is 200 Å². The smallest absolute Gasteiger partial charge is 0.181 e. The van der Waals surface area contributed by atoms with Gasteiger partial charge in [-0.1, -0.05) is 45.2 Å². The number of allylic oxidation sites excluding steroid dienone is 4. The molecule has 5 nitrogen and oxygen atoms in total. The molecular weight excluding hydrogens is 438 g/mol. The molecule has 0 unspecified atom stereocenters. The van der Waals surface area contributed by atoms with Crippen molar-refractivity contribution in [3.63, 3.8) is 0 Å². The topological polar surface area (TPSA) is 64.6 Å². The molecule has 2 aliphatic carbocycles. The van der Waals surface area contributed by atoms with Gasteiger partial charge in [0.1, 0.15) is 6.61 Å². The Morgan fingerprint density at radius 2 is 1.58 bits per heavy atom. The number of nitrogens with one attached hydrogen (secondary N) is 1. The molecule has 0 radical (unpaired) electrons. The number of rotatable bonds is 4. The fourth-order valence-electron chi connectivity index (χ4n) is 5.38. The predicted molar refractivity (Wildman–Crippen MR) is 128 cm³/mol. The lowest BCUT2D eigenvalue weighted by atomic mass is 9.64. The van der Waals surface area contributed by atoms with E-state index < -0.39 is 5.92 Å². The van der Waals surface area contributed by atoms with Crippen LogP contribution in [-0.4, -0.2) is 25.3 Å². The van der Waals surface area contributed by atoms with Crippen molar-refractivity contribution in [1.29, 1.82) is 0 Å². The summed E-state index contributed by atoms with van der Waals surface area (Å²) in [4.78, 5) is 26.9. The summed E-state index contributed by atoms with van der Waals surface area (Å²) in [5.74, 6) is 2.83. The van der Waals surface area contributed by atoms with E-state index in [-0.39, 0.29) is 29.0 Å². The van der Waals surface area contributed by atoms with Gasteiger partial charge in [-0.25, -0.2) is 0 Å². The summed E-state index contributed by atoms with van der Waals surface area (Å²) in [6.07, 6.45) is 7.68. The molecule has 1 aromatic carbocycles. The maximum atomic E-state index is 13.4. The minimum absolute atomic E-state index is 0.0501. The summed E-state index contributed by atoms with van der Waals surface area (Å²) in [5, 5.41) is 3.85. The molecule has 0 atom stereocenters. The lowest BCUT2D eigenvalue weighted by Gasteiger charge is -2.44. The first-order valence-electron chi connectivity index (χ1n) is 11.2. The van der Waals surface area contributed by atoms with E-state index in [2.05, 4.69) is 38.9 Å². The van der Waals surface area contributed by atoms with Crippen molar-refractivity contribution in [2.75, 3.05) is 13.7 Å². The lowest BCUT2D eigenvalue weighted by Crippen LogP contribution is -2.42. The van der Waals surface area contributed by atoms with Gasteiger partial charge in [-0.3, -0.25) is 9.59 Å². The highest BCUT2D eigenvalue weighted by Gasteiger charge is 2.46. The molecule has 0 bridgehead atoms. The quantitative estimate of drug-likeness (QED) is 0.606. The highest BCUT2D eigenvalue weighted by Crippen LogP contribution is 2.52. The fourth-order valence-corrected chi connectivity index (χ4v) is 5.66. The van der Waals surface area contributed by atoms with Crippen LogP contribution in [0.2, 0.25) is 5.02 Å². The molecule has 33 heavy (non-hydrogen) atoms. The number of Topliss-reactive ketones (excluding diaryl/α,β-unsaturated/α-hetero) is 2. The summed E-state index contributed by atoms with van der Waals surface area (Å²) < 4.78 is 11.1. The summed E-state index contributed by atoms with van der Waals surface area (Å²) in [5.41, 5.74) is 3.59. The van der Waals surface area contributed by atoms with Gasteiger partial charge in [-0.2, -0.15) is 0 Å². The summed E-state index contributed by atoms with van der Waals surface area (Å²) >= 11 is 6.59. The molecule has 0 saturated carbocycles. The van der Waals surface area contributed by atoms with Gasteiger partial charge < -0.3 is 14.8 Å². The Hall–Kier alpha value is -2.71. The second-order valence-electron chi connectivity index (χ2n) is 10.8. The second kappa shape index (κ2) is 8.25. The van der Waals surface area contributed by atoms with Gasteiger partial charge in [0.25, 0.3) is 0 Å². The van der Waals surface area contributed by atoms with Crippen molar-refractivity contribution in [2.45, 2.75) is 59.3 Å². The van der Waals surface area contributed by atoms with E-state index in [4.69, 9.17) is 27.5 Å². The average Bonchev–Trinajstić information content (AvgIpc) is 2.68. The Morgan fingerprint density at radius 3 is 2.06 bits per heavy atom. The van der Waals surface area contributed by atoms with Crippen LogP contribution in [0.15, 0.2) is 34.7 Å². The summed E-state index contributed by atoms with van der Waals surface area (Å²) in [6.45, 7) is 8.45. The Balaban J connectivity index is 1.92. The van der Waals surface area contributed by atoms with Crippen molar-refractivity contribution in [3.05, 3.63) is 45.3 Å². The van der Waals surface area contributed by atoms with Gasteiger partial charge in [0.05, 0.1) is 12.1 Å². The highest BCUT2D eigenvalue weighted by molar-refractivity contribution is 6.32. The third-order valence-electron chi connectivity index (χ3n) is 6.60. The minimum atomic E-state index is -0.489. The van der Waals surface area contributed by atoms with E-state index in [1.54, 1.807) is 6.07 Å². The highest BCUT2D eigenvalue weighted by atomic mass is 35.5. The van der Waals surface area contributed by atoms with E-state index in [1.165, 1.54) is 7.11 Å². The molecule has 0 fully saturated rings. The third-order valence-corrected chi connectivity index (χ3v) is 6.88. The summed E-state index contributed by atoms with van der Waals surface area (Å²) in [7, 11) is 1.53. The molecule has 0 saturated heterocycles. The SMILES string of the molecule is C#CCOc1c(Cl)cc(C2C3=C(CC(C)(C)CC3=O)NC3=C2C(=O)CC(C)(C)C3)cc1OC. The van der Waals surface area contributed by atoms with Crippen molar-refractivity contribution in [3.8, 4) is 23.8 Å². The van der Waals surface area contributed by atoms with Crippen LogP contribution in [0.1, 0.15) is 64.9 Å². The van der Waals surface area contributed by atoms with Crippen molar-refractivity contribution in [1.82, 2.24) is 5.32 Å². The number of hydrogen-bond donors (Lipinski definition) is 1. The molecule has 4 rings (SSSR count). The number of halogens is 1. The molecule has 1 N–H and O–H groups in total. The van der Waals surface area contributed by atoms with Crippen LogP contribution < -0.4 is 14.8 Å². The molecule has 1 aliphatic heterocycles. The largest absolute Gasteiger partial charge is 0.493 e. The van der Waals surface area contributed by atoms with Crippen LogP contribution in [-0.2, 0) is 9.59 Å². The van der Waals surface area contributed by atoms with Crippen LogP contribution in [0.5, 0.6) is 11.5 Å². The van der Waals surface area contributed by atoms with Crippen molar-refractivity contribution < 1.29 is 19.1 Å². The van der Waals surface area contributed by atoms with E-state index in [1.807, 2.05) is 6.07 Å². The predicted octanol–water partition coefficient (Wildman–Crippen LogP) is 5.33. The van der Waals surface area contributed by atoms with E-state index in [0.717, 1.165) is 29.8 Å². The second-order valence-corrected chi connectivity index (χ2v) is 11.2. The number of carbonyl (C=O) groups excluding carboxylic acids is 2. The molecule has 3 aliphatic rings. The Bertz CT molecular complexity index is 1100.